The highest BCUT2D eigenvalue weighted by Gasteiger charge is 2.62. The summed E-state index contributed by atoms with van der Waals surface area (Å²) in [6, 6.07) is 51.8. The molecule has 4 fully saturated rings. The molecule has 1 spiro atoms. The van der Waals surface area contributed by atoms with E-state index in [-0.39, 0.29) is 5.41 Å². The molecule has 12 rings (SSSR count). The van der Waals surface area contributed by atoms with Gasteiger partial charge in [0.15, 0.2) is 17.5 Å². The zero-order valence-corrected chi connectivity index (χ0v) is 30.9. The van der Waals surface area contributed by atoms with Crippen molar-refractivity contribution in [1.82, 2.24) is 15.0 Å². The van der Waals surface area contributed by atoms with Crippen molar-refractivity contribution < 1.29 is 0 Å². The second-order valence-electron chi connectivity index (χ2n) is 16.4. The van der Waals surface area contributed by atoms with Gasteiger partial charge < -0.3 is 0 Å². The molecule has 4 heteroatoms. The summed E-state index contributed by atoms with van der Waals surface area (Å²) in [5.74, 6) is 5.03. The van der Waals surface area contributed by atoms with Gasteiger partial charge in [-0.05, 0) is 125 Å². The zero-order valence-electron chi connectivity index (χ0n) is 30.9. The van der Waals surface area contributed by atoms with E-state index in [4.69, 9.17) is 15.0 Å². The zero-order chi connectivity index (χ0) is 36.7. The number of hydrogen-bond donors (Lipinski definition) is 0. The fourth-order valence-corrected chi connectivity index (χ4v) is 11.5. The van der Waals surface area contributed by atoms with Crippen LogP contribution in [0.3, 0.4) is 0 Å². The molecule has 4 bridgehead atoms. The summed E-state index contributed by atoms with van der Waals surface area (Å²) in [4.78, 5) is 14.9. The molecule has 4 saturated carbocycles. The first-order chi connectivity index (χ1) is 27.1. The number of hydrogen-bond acceptors (Lipinski definition) is 4. The molecule has 0 unspecified atom stereocenters. The largest absolute Gasteiger partial charge is 0.208 e. The van der Waals surface area contributed by atoms with E-state index in [0.717, 1.165) is 34.1 Å². The maximum absolute atomic E-state index is 9.95. The van der Waals surface area contributed by atoms with Crippen LogP contribution in [0.4, 0.5) is 0 Å². The highest BCUT2D eigenvalue weighted by molar-refractivity contribution is 6.01. The van der Waals surface area contributed by atoms with Gasteiger partial charge in [-0.15, -0.1) is 0 Å². The van der Waals surface area contributed by atoms with Crippen molar-refractivity contribution in [1.29, 1.82) is 5.26 Å². The Hall–Kier alpha value is -6.18. The molecule has 5 aliphatic carbocycles. The van der Waals surface area contributed by atoms with E-state index in [9.17, 15) is 5.26 Å². The van der Waals surface area contributed by atoms with E-state index in [1.54, 1.807) is 0 Å². The summed E-state index contributed by atoms with van der Waals surface area (Å²) in [7, 11) is 0. The van der Waals surface area contributed by atoms with Gasteiger partial charge in [-0.1, -0.05) is 127 Å². The van der Waals surface area contributed by atoms with Gasteiger partial charge in [0.25, 0.3) is 0 Å². The summed E-state index contributed by atoms with van der Waals surface area (Å²) in [5, 5.41) is 9.95. The maximum atomic E-state index is 9.95. The Morgan fingerprint density at radius 1 is 0.491 bits per heavy atom. The average molecular weight is 709 g/mol. The minimum atomic E-state index is 0.0237. The standard InChI is InChI=1S/C51H40N4/c1-31-18-23-44-47(45(31)39-15-8-10-32(25-39)30-52)46-42(16-9-17-43(46)51(44)40-26-33-24-34(28-40)29-41(51)27-33)35-19-21-38(22-20-35)50-54-48(36-11-4-2-5-12-36)53-49(55-50)37-13-6-3-7-14-37/h2-23,25,33-34,40-41H,24,26-29H2,1H3. The third kappa shape index (κ3) is 4.92. The minimum Gasteiger partial charge on any atom is -0.208 e. The van der Waals surface area contributed by atoms with Crippen molar-refractivity contribution in [3.05, 3.63) is 162 Å². The lowest BCUT2D eigenvalue weighted by molar-refractivity contribution is -0.0399. The molecule has 55 heavy (non-hydrogen) atoms. The lowest BCUT2D eigenvalue weighted by Crippen LogP contribution is -2.55. The first kappa shape index (κ1) is 32.3. The molecule has 0 aliphatic heterocycles. The van der Waals surface area contributed by atoms with E-state index in [1.165, 1.54) is 76.6 Å². The molecule has 5 aliphatic rings. The third-order valence-corrected chi connectivity index (χ3v) is 13.5. The van der Waals surface area contributed by atoms with Crippen molar-refractivity contribution in [2.24, 2.45) is 23.7 Å². The Labute approximate surface area is 322 Å². The molecule has 4 nitrogen and oxygen atoms in total. The molecule has 7 aromatic rings. The number of nitriles is 1. The number of aromatic nitrogens is 3. The Balaban J connectivity index is 1.09. The second kappa shape index (κ2) is 12.4. The van der Waals surface area contributed by atoms with Crippen LogP contribution in [0.5, 0.6) is 0 Å². The Morgan fingerprint density at radius 2 is 1.02 bits per heavy atom. The van der Waals surface area contributed by atoms with E-state index in [2.05, 4.69) is 79.7 Å². The van der Waals surface area contributed by atoms with Gasteiger partial charge in [0.05, 0.1) is 11.6 Å². The van der Waals surface area contributed by atoms with Crippen LogP contribution in [-0.4, -0.2) is 15.0 Å². The van der Waals surface area contributed by atoms with Crippen LogP contribution < -0.4 is 0 Å². The minimum absolute atomic E-state index is 0.0237. The van der Waals surface area contributed by atoms with Crippen LogP contribution in [0, 0.1) is 41.9 Å². The quantitative estimate of drug-likeness (QED) is 0.179. The van der Waals surface area contributed by atoms with Crippen molar-refractivity contribution in [2.75, 3.05) is 0 Å². The summed E-state index contributed by atoms with van der Waals surface area (Å²) in [6.07, 6.45) is 6.76. The Kier molecular flexibility index (Phi) is 7.29. The highest BCUT2D eigenvalue weighted by atomic mass is 15.0. The summed E-state index contributed by atoms with van der Waals surface area (Å²) in [6.45, 7) is 2.25. The lowest BCUT2D eigenvalue weighted by Gasteiger charge is -2.61. The molecule has 1 aromatic heterocycles. The molecule has 264 valence electrons. The normalized spacial score (nSPS) is 22.7. The molecular formula is C51H40N4. The van der Waals surface area contributed by atoms with Gasteiger partial charge in [0, 0.05) is 22.1 Å². The topological polar surface area (TPSA) is 62.5 Å². The van der Waals surface area contributed by atoms with E-state index in [1.807, 2.05) is 72.8 Å². The van der Waals surface area contributed by atoms with Gasteiger partial charge >= 0.3 is 0 Å². The van der Waals surface area contributed by atoms with Crippen LogP contribution in [0.15, 0.2) is 140 Å². The van der Waals surface area contributed by atoms with Crippen molar-refractivity contribution in [3.8, 4) is 73.6 Å². The average Bonchev–Trinajstić information content (AvgIpc) is 3.54. The third-order valence-electron chi connectivity index (χ3n) is 13.5. The molecule has 0 N–H and O–H groups in total. The summed E-state index contributed by atoms with van der Waals surface area (Å²) >= 11 is 0. The molecule has 0 amide bonds. The number of aryl methyl sites for hydroxylation is 1. The molecule has 1 heterocycles. The number of nitrogens with zero attached hydrogens (tertiary/aromatic N) is 4. The van der Waals surface area contributed by atoms with Gasteiger partial charge in [0.1, 0.15) is 0 Å². The summed E-state index contributed by atoms with van der Waals surface area (Å²) < 4.78 is 0. The number of fused-ring (bicyclic) bond motifs is 3. The fraction of sp³-hybridized carbons (Fsp3) is 0.216. The smallest absolute Gasteiger partial charge is 0.164 e. The summed E-state index contributed by atoms with van der Waals surface area (Å²) in [5.41, 5.74) is 15.5. The van der Waals surface area contributed by atoms with Gasteiger partial charge in [0.2, 0.25) is 0 Å². The molecular weight excluding hydrogens is 669 g/mol. The highest BCUT2D eigenvalue weighted by Crippen LogP contribution is 2.71. The maximum Gasteiger partial charge on any atom is 0.164 e. The van der Waals surface area contributed by atoms with Crippen LogP contribution >= 0.6 is 0 Å². The van der Waals surface area contributed by atoms with Crippen LogP contribution in [0.25, 0.3) is 67.5 Å². The first-order valence-corrected chi connectivity index (χ1v) is 19.8. The Morgan fingerprint density at radius 3 is 1.62 bits per heavy atom. The molecule has 0 saturated heterocycles. The monoisotopic (exact) mass is 708 g/mol. The van der Waals surface area contributed by atoms with Gasteiger partial charge in [-0.2, -0.15) is 5.26 Å². The van der Waals surface area contributed by atoms with Crippen LogP contribution in [0.1, 0.15) is 54.4 Å². The van der Waals surface area contributed by atoms with Gasteiger partial charge in [-0.25, -0.2) is 15.0 Å². The van der Waals surface area contributed by atoms with Crippen molar-refractivity contribution in [3.63, 3.8) is 0 Å². The van der Waals surface area contributed by atoms with Crippen LogP contribution in [-0.2, 0) is 5.41 Å². The number of rotatable bonds is 5. The second-order valence-corrected chi connectivity index (χ2v) is 16.4. The Bertz CT molecular complexity index is 2590. The molecule has 0 radical (unpaired) electrons. The predicted octanol–water partition coefficient (Wildman–Crippen LogP) is 12.1. The molecule has 6 aromatic carbocycles. The van der Waals surface area contributed by atoms with E-state index >= 15 is 0 Å². The van der Waals surface area contributed by atoms with Crippen molar-refractivity contribution in [2.45, 2.75) is 44.4 Å². The molecule has 0 atom stereocenters. The van der Waals surface area contributed by atoms with Gasteiger partial charge in [-0.3, -0.25) is 0 Å². The first-order valence-electron chi connectivity index (χ1n) is 19.8. The van der Waals surface area contributed by atoms with E-state index < -0.39 is 0 Å². The fourth-order valence-electron chi connectivity index (χ4n) is 11.5. The number of benzene rings is 6. The van der Waals surface area contributed by atoms with Crippen LogP contribution in [0.2, 0.25) is 0 Å². The SMILES string of the molecule is Cc1ccc2c(c1-c1cccc(C#N)c1)-c1c(-c3ccc(-c4nc(-c5ccccc5)nc(-c5ccccc5)n4)cc3)cccc1C21C2CC3CC(C2)CC1C3. The van der Waals surface area contributed by atoms with E-state index in [0.29, 0.717) is 34.9 Å². The van der Waals surface area contributed by atoms with Crippen molar-refractivity contribution >= 4 is 0 Å². The predicted molar refractivity (Wildman–Crippen MR) is 220 cm³/mol. The lowest BCUT2D eigenvalue weighted by atomic mass is 9.43.